The van der Waals surface area contributed by atoms with E-state index in [4.69, 9.17) is 4.98 Å². The van der Waals surface area contributed by atoms with Gasteiger partial charge in [0.05, 0.1) is 11.4 Å². The van der Waals surface area contributed by atoms with Crippen LogP contribution in [0.25, 0.3) is 16.9 Å². The normalized spacial score (nSPS) is 19.8. The molecule has 3 heterocycles. The predicted octanol–water partition coefficient (Wildman–Crippen LogP) is 3.13. The Morgan fingerprint density at radius 1 is 1.19 bits per heavy atom. The van der Waals surface area contributed by atoms with E-state index < -0.39 is 0 Å². The maximum absolute atomic E-state index is 12.2. The molecule has 1 aromatic carbocycles. The molecule has 6 heteroatoms. The summed E-state index contributed by atoms with van der Waals surface area (Å²) >= 11 is 0. The van der Waals surface area contributed by atoms with E-state index in [9.17, 15) is 4.79 Å². The van der Waals surface area contributed by atoms with Gasteiger partial charge in [-0.3, -0.25) is 4.79 Å². The van der Waals surface area contributed by atoms with Crippen LogP contribution in [0.3, 0.4) is 0 Å². The van der Waals surface area contributed by atoms with E-state index in [2.05, 4.69) is 27.4 Å². The highest BCUT2D eigenvalue weighted by Crippen LogP contribution is 2.32. The number of likely N-dealkylation sites (tertiary alicyclic amines) is 1. The summed E-state index contributed by atoms with van der Waals surface area (Å²) < 4.78 is 1.86. The summed E-state index contributed by atoms with van der Waals surface area (Å²) in [6.45, 7) is 3.61. The van der Waals surface area contributed by atoms with Gasteiger partial charge in [0.25, 0.3) is 0 Å². The van der Waals surface area contributed by atoms with Gasteiger partial charge >= 0.3 is 0 Å². The van der Waals surface area contributed by atoms with Crippen LogP contribution in [0.4, 0.5) is 5.82 Å². The standard InChI is InChI=1S/C21H23N5O/c1-14-9-20-23-18(16-5-3-2-4-6-16)11-19(26(20)24-14)22-12-15-10-21(27)25(13-15)17-7-8-17/h2-6,9,11,15,17,22H,7-8,10,12-13H2,1H3/t15-/m1/s1. The van der Waals surface area contributed by atoms with Crippen molar-refractivity contribution in [1.29, 1.82) is 0 Å². The third kappa shape index (κ3) is 3.16. The summed E-state index contributed by atoms with van der Waals surface area (Å²) in [6.07, 6.45) is 2.98. The van der Waals surface area contributed by atoms with Crippen LogP contribution in [0.1, 0.15) is 25.0 Å². The lowest BCUT2D eigenvalue weighted by Gasteiger charge is -2.16. The fourth-order valence-electron chi connectivity index (χ4n) is 3.91. The number of carbonyl (C=O) groups excluding carboxylic acids is 1. The molecule has 1 atom stereocenters. The Morgan fingerprint density at radius 2 is 2.00 bits per heavy atom. The quantitative estimate of drug-likeness (QED) is 0.758. The van der Waals surface area contributed by atoms with Crippen LogP contribution in [0.15, 0.2) is 42.5 Å². The number of carbonyl (C=O) groups is 1. The number of nitrogens with zero attached hydrogens (tertiary/aromatic N) is 4. The molecule has 1 saturated carbocycles. The van der Waals surface area contributed by atoms with Crippen LogP contribution in [-0.2, 0) is 4.79 Å². The summed E-state index contributed by atoms with van der Waals surface area (Å²) in [5.41, 5.74) is 3.77. The van der Waals surface area contributed by atoms with Crippen LogP contribution in [0.2, 0.25) is 0 Å². The van der Waals surface area contributed by atoms with Gasteiger partial charge < -0.3 is 10.2 Å². The Balaban J connectivity index is 1.41. The Kier molecular flexibility index (Phi) is 3.85. The summed E-state index contributed by atoms with van der Waals surface area (Å²) in [6, 6.07) is 14.7. The molecule has 1 aliphatic heterocycles. The second kappa shape index (κ2) is 6.37. The Morgan fingerprint density at radius 3 is 2.78 bits per heavy atom. The lowest BCUT2D eigenvalue weighted by atomic mass is 10.1. The van der Waals surface area contributed by atoms with Crippen LogP contribution in [0, 0.1) is 12.8 Å². The van der Waals surface area contributed by atoms with E-state index in [0.29, 0.717) is 24.3 Å². The third-order valence-corrected chi connectivity index (χ3v) is 5.42. The van der Waals surface area contributed by atoms with Crippen molar-refractivity contribution in [2.24, 2.45) is 5.92 Å². The zero-order valence-electron chi connectivity index (χ0n) is 15.4. The molecule has 2 aromatic heterocycles. The van der Waals surface area contributed by atoms with E-state index in [1.807, 2.05) is 41.8 Å². The average molecular weight is 361 g/mol. The Labute approximate surface area is 158 Å². The minimum atomic E-state index is 0.309. The zero-order chi connectivity index (χ0) is 18.4. The molecule has 0 bridgehead atoms. The topological polar surface area (TPSA) is 62.5 Å². The highest BCUT2D eigenvalue weighted by Gasteiger charge is 2.39. The largest absolute Gasteiger partial charge is 0.370 e. The van der Waals surface area contributed by atoms with Gasteiger partial charge in [0.2, 0.25) is 5.91 Å². The van der Waals surface area contributed by atoms with E-state index in [1.54, 1.807) is 0 Å². The molecule has 0 radical (unpaired) electrons. The first kappa shape index (κ1) is 16.3. The van der Waals surface area contributed by atoms with Gasteiger partial charge in [0.1, 0.15) is 5.82 Å². The first-order valence-electron chi connectivity index (χ1n) is 9.63. The van der Waals surface area contributed by atoms with Crippen molar-refractivity contribution in [3.8, 4) is 11.3 Å². The fourth-order valence-corrected chi connectivity index (χ4v) is 3.91. The molecular formula is C21H23N5O. The molecule has 1 aliphatic carbocycles. The number of nitrogens with one attached hydrogen (secondary N) is 1. The monoisotopic (exact) mass is 361 g/mol. The maximum Gasteiger partial charge on any atom is 0.223 e. The molecule has 0 spiro atoms. The van der Waals surface area contributed by atoms with Crippen molar-refractivity contribution in [3.63, 3.8) is 0 Å². The minimum Gasteiger partial charge on any atom is -0.370 e. The maximum atomic E-state index is 12.2. The van der Waals surface area contributed by atoms with E-state index in [0.717, 1.165) is 41.5 Å². The molecule has 0 unspecified atom stereocenters. The summed E-state index contributed by atoms with van der Waals surface area (Å²) in [7, 11) is 0. The van der Waals surface area contributed by atoms with Gasteiger partial charge in [-0.1, -0.05) is 30.3 Å². The lowest BCUT2D eigenvalue weighted by Crippen LogP contribution is -2.28. The molecule has 2 aliphatic rings. The molecule has 6 nitrogen and oxygen atoms in total. The second-order valence-corrected chi connectivity index (χ2v) is 7.68. The van der Waals surface area contributed by atoms with Crippen molar-refractivity contribution in [2.75, 3.05) is 18.4 Å². The van der Waals surface area contributed by atoms with Gasteiger partial charge in [0, 0.05) is 49.2 Å². The van der Waals surface area contributed by atoms with Gasteiger partial charge in [-0.25, -0.2) is 4.98 Å². The van der Waals surface area contributed by atoms with Crippen molar-refractivity contribution >= 4 is 17.4 Å². The average Bonchev–Trinajstić information content (AvgIpc) is 3.34. The molecule has 3 aromatic rings. The van der Waals surface area contributed by atoms with Crippen molar-refractivity contribution in [3.05, 3.63) is 48.2 Å². The van der Waals surface area contributed by atoms with E-state index in [-0.39, 0.29) is 0 Å². The third-order valence-electron chi connectivity index (χ3n) is 5.42. The van der Waals surface area contributed by atoms with Gasteiger partial charge in [0.15, 0.2) is 5.65 Å². The van der Waals surface area contributed by atoms with Crippen LogP contribution in [0.5, 0.6) is 0 Å². The fraction of sp³-hybridized carbons (Fsp3) is 0.381. The molecule has 27 heavy (non-hydrogen) atoms. The van der Waals surface area contributed by atoms with Crippen molar-refractivity contribution in [1.82, 2.24) is 19.5 Å². The van der Waals surface area contributed by atoms with Gasteiger partial charge in [-0.2, -0.15) is 9.61 Å². The van der Waals surface area contributed by atoms with Crippen LogP contribution >= 0.6 is 0 Å². The number of anilines is 1. The first-order chi connectivity index (χ1) is 13.2. The number of hydrogen-bond donors (Lipinski definition) is 1. The number of rotatable bonds is 5. The molecular weight excluding hydrogens is 338 g/mol. The Bertz CT molecular complexity index is 992. The second-order valence-electron chi connectivity index (χ2n) is 7.68. The summed E-state index contributed by atoms with van der Waals surface area (Å²) in [4.78, 5) is 19.0. The highest BCUT2D eigenvalue weighted by molar-refractivity contribution is 5.79. The van der Waals surface area contributed by atoms with Crippen molar-refractivity contribution in [2.45, 2.75) is 32.2 Å². The van der Waals surface area contributed by atoms with Crippen LogP contribution < -0.4 is 5.32 Å². The van der Waals surface area contributed by atoms with Crippen molar-refractivity contribution < 1.29 is 4.79 Å². The number of hydrogen-bond acceptors (Lipinski definition) is 4. The van der Waals surface area contributed by atoms with Gasteiger partial charge in [-0.15, -0.1) is 0 Å². The number of aryl methyl sites for hydroxylation is 1. The number of amides is 1. The zero-order valence-corrected chi connectivity index (χ0v) is 15.4. The lowest BCUT2D eigenvalue weighted by molar-refractivity contribution is -0.128. The highest BCUT2D eigenvalue weighted by atomic mass is 16.2. The number of fused-ring (bicyclic) bond motifs is 1. The molecule has 1 amide bonds. The van der Waals surface area contributed by atoms with Gasteiger partial charge in [-0.05, 0) is 19.8 Å². The van der Waals surface area contributed by atoms with Crippen LogP contribution in [-0.4, -0.2) is 44.5 Å². The summed E-state index contributed by atoms with van der Waals surface area (Å²) in [5, 5.41) is 8.11. The predicted molar refractivity (Wildman–Crippen MR) is 104 cm³/mol. The molecule has 1 saturated heterocycles. The minimum absolute atomic E-state index is 0.309. The van der Waals surface area contributed by atoms with E-state index >= 15 is 0 Å². The molecule has 5 rings (SSSR count). The summed E-state index contributed by atoms with van der Waals surface area (Å²) in [5.74, 6) is 1.58. The molecule has 138 valence electrons. The molecule has 2 fully saturated rings. The number of aromatic nitrogens is 3. The SMILES string of the molecule is Cc1cc2nc(-c3ccccc3)cc(NC[C@H]3CC(=O)N(C4CC4)C3)n2n1. The molecule has 1 N–H and O–H groups in total. The first-order valence-corrected chi connectivity index (χ1v) is 9.63. The Hall–Kier alpha value is -2.89. The van der Waals surface area contributed by atoms with E-state index in [1.165, 1.54) is 12.8 Å². The number of benzene rings is 1. The smallest absolute Gasteiger partial charge is 0.223 e.